The molecule has 1 aliphatic heterocycles. The first-order valence-corrected chi connectivity index (χ1v) is 5.06. The van der Waals surface area contributed by atoms with E-state index in [0.717, 1.165) is 30.2 Å². The highest BCUT2D eigenvalue weighted by Gasteiger charge is 2.18. The maximum Gasteiger partial charge on any atom is 0.103 e. The third kappa shape index (κ3) is 1.92. The van der Waals surface area contributed by atoms with Gasteiger partial charge in [-0.25, -0.2) is 0 Å². The Morgan fingerprint density at radius 2 is 2.27 bits per heavy atom. The van der Waals surface area contributed by atoms with Crippen molar-refractivity contribution in [3.63, 3.8) is 0 Å². The molecule has 2 rings (SSSR count). The van der Waals surface area contributed by atoms with Crippen LogP contribution in [0.15, 0.2) is 6.07 Å². The molecule has 2 heterocycles. The highest BCUT2D eigenvalue weighted by Crippen LogP contribution is 2.20. The number of aromatic nitrogens is 1. The van der Waals surface area contributed by atoms with Crippen LogP contribution in [0.3, 0.4) is 0 Å². The van der Waals surface area contributed by atoms with Gasteiger partial charge >= 0.3 is 0 Å². The zero-order valence-electron chi connectivity index (χ0n) is 8.96. The first kappa shape index (κ1) is 9.94. The van der Waals surface area contributed by atoms with Crippen molar-refractivity contribution in [3.8, 4) is 6.07 Å². The van der Waals surface area contributed by atoms with Gasteiger partial charge in [0.2, 0.25) is 0 Å². The molecule has 0 atom stereocenters. The zero-order valence-corrected chi connectivity index (χ0v) is 8.96. The molecule has 1 saturated heterocycles. The topological polar surface area (TPSA) is 60.7 Å². The molecule has 0 amide bonds. The van der Waals surface area contributed by atoms with E-state index >= 15 is 0 Å². The minimum atomic E-state index is 0.443. The van der Waals surface area contributed by atoms with Gasteiger partial charge in [0, 0.05) is 18.8 Å². The Balaban J connectivity index is 2.31. The first-order chi connectivity index (χ1) is 7.20. The van der Waals surface area contributed by atoms with Gasteiger partial charge in [0.05, 0.1) is 23.0 Å². The molecule has 0 spiro atoms. The van der Waals surface area contributed by atoms with Crippen LogP contribution in [0, 0.1) is 25.2 Å². The lowest BCUT2D eigenvalue weighted by molar-refractivity contribution is 0.472. The second-order valence-electron chi connectivity index (χ2n) is 3.88. The number of nitriles is 1. The zero-order chi connectivity index (χ0) is 10.8. The molecule has 15 heavy (non-hydrogen) atoms. The normalized spacial score (nSPS) is 15.5. The van der Waals surface area contributed by atoms with Crippen molar-refractivity contribution < 1.29 is 0 Å². The summed E-state index contributed by atoms with van der Waals surface area (Å²) >= 11 is 0. The van der Waals surface area contributed by atoms with Crippen molar-refractivity contribution in [2.24, 2.45) is 0 Å². The molecular weight excluding hydrogens is 188 g/mol. The Hall–Kier alpha value is -1.60. The van der Waals surface area contributed by atoms with Gasteiger partial charge in [-0.3, -0.25) is 4.98 Å². The van der Waals surface area contributed by atoms with Crippen LogP contribution in [0.4, 0.5) is 5.69 Å². The van der Waals surface area contributed by atoms with E-state index in [4.69, 9.17) is 5.26 Å². The van der Waals surface area contributed by atoms with Crippen molar-refractivity contribution in [1.82, 2.24) is 10.3 Å². The summed E-state index contributed by atoms with van der Waals surface area (Å²) in [5.74, 6) is 0. The van der Waals surface area contributed by atoms with E-state index in [1.165, 1.54) is 0 Å². The van der Waals surface area contributed by atoms with Crippen molar-refractivity contribution >= 4 is 5.69 Å². The van der Waals surface area contributed by atoms with E-state index in [2.05, 4.69) is 21.7 Å². The highest BCUT2D eigenvalue weighted by molar-refractivity contribution is 5.60. The number of nitrogens with one attached hydrogen (secondary N) is 2. The Morgan fingerprint density at radius 1 is 1.53 bits per heavy atom. The summed E-state index contributed by atoms with van der Waals surface area (Å²) in [7, 11) is 0. The molecule has 4 heteroatoms. The number of anilines is 1. The lowest BCUT2D eigenvalue weighted by Gasteiger charge is -2.29. The quantitative estimate of drug-likeness (QED) is 0.749. The molecule has 78 valence electrons. The Bertz CT molecular complexity index is 415. The van der Waals surface area contributed by atoms with Gasteiger partial charge in [0.15, 0.2) is 0 Å². The van der Waals surface area contributed by atoms with Crippen LogP contribution < -0.4 is 10.6 Å². The molecule has 1 fully saturated rings. The molecule has 2 N–H and O–H groups in total. The number of rotatable bonds is 2. The van der Waals surface area contributed by atoms with Crippen molar-refractivity contribution in [3.05, 3.63) is 23.0 Å². The Labute approximate surface area is 89.3 Å². The molecule has 1 aromatic heterocycles. The van der Waals surface area contributed by atoms with Gasteiger partial charge in [-0.15, -0.1) is 0 Å². The molecule has 0 bridgehead atoms. The second-order valence-corrected chi connectivity index (χ2v) is 3.88. The minimum Gasteiger partial charge on any atom is -0.379 e. The van der Waals surface area contributed by atoms with Crippen LogP contribution in [-0.2, 0) is 0 Å². The average molecular weight is 202 g/mol. The maximum atomic E-state index is 9.05. The number of hydrogen-bond acceptors (Lipinski definition) is 4. The van der Waals surface area contributed by atoms with Crippen LogP contribution in [0.1, 0.15) is 17.0 Å². The lowest BCUT2D eigenvalue weighted by Crippen LogP contribution is -2.51. The fourth-order valence-corrected chi connectivity index (χ4v) is 1.69. The molecule has 0 unspecified atom stereocenters. The molecule has 4 nitrogen and oxygen atoms in total. The maximum absolute atomic E-state index is 9.05. The van der Waals surface area contributed by atoms with Crippen LogP contribution >= 0.6 is 0 Å². The standard InChI is InChI=1S/C11H14N4/c1-7-3-11(15-9-5-13-6-9)10(4-12)8(2)14-7/h3,9,13H,5-6H2,1-2H3,(H,14,15). The van der Waals surface area contributed by atoms with Gasteiger partial charge in [-0.05, 0) is 19.9 Å². The van der Waals surface area contributed by atoms with Crippen LogP contribution in [0.5, 0.6) is 0 Å². The summed E-state index contributed by atoms with van der Waals surface area (Å²) in [5.41, 5.74) is 3.31. The predicted molar refractivity (Wildman–Crippen MR) is 58.7 cm³/mol. The summed E-state index contributed by atoms with van der Waals surface area (Å²) in [6.45, 7) is 5.74. The molecule has 1 aromatic rings. The van der Waals surface area contributed by atoms with Crippen molar-refractivity contribution in [2.45, 2.75) is 19.9 Å². The fraction of sp³-hybridized carbons (Fsp3) is 0.455. The van der Waals surface area contributed by atoms with Crippen LogP contribution in [-0.4, -0.2) is 24.1 Å². The highest BCUT2D eigenvalue weighted by atomic mass is 15.1. The number of pyridine rings is 1. The van der Waals surface area contributed by atoms with E-state index < -0.39 is 0 Å². The van der Waals surface area contributed by atoms with Crippen molar-refractivity contribution in [1.29, 1.82) is 5.26 Å². The van der Waals surface area contributed by atoms with E-state index in [1.54, 1.807) is 0 Å². The van der Waals surface area contributed by atoms with E-state index in [-0.39, 0.29) is 0 Å². The third-order valence-electron chi connectivity index (χ3n) is 2.58. The molecule has 0 radical (unpaired) electrons. The molecule has 0 aliphatic carbocycles. The lowest BCUT2D eigenvalue weighted by atomic mass is 10.1. The second kappa shape index (κ2) is 3.87. The predicted octanol–water partition coefficient (Wildman–Crippen LogP) is 0.954. The van der Waals surface area contributed by atoms with Crippen LogP contribution in [0.25, 0.3) is 0 Å². The van der Waals surface area contributed by atoms with Gasteiger partial charge in [0.1, 0.15) is 6.07 Å². The van der Waals surface area contributed by atoms with Gasteiger partial charge in [-0.2, -0.15) is 5.26 Å². The van der Waals surface area contributed by atoms with Crippen LogP contribution in [0.2, 0.25) is 0 Å². The number of hydrogen-bond donors (Lipinski definition) is 2. The SMILES string of the molecule is Cc1cc(NC2CNC2)c(C#N)c(C)n1. The number of nitrogens with zero attached hydrogens (tertiary/aromatic N) is 2. The summed E-state index contributed by atoms with van der Waals surface area (Å²) in [5, 5.41) is 15.6. The summed E-state index contributed by atoms with van der Waals surface area (Å²) in [4.78, 5) is 4.28. The average Bonchev–Trinajstić information content (AvgIpc) is 2.10. The van der Waals surface area contributed by atoms with Gasteiger partial charge in [-0.1, -0.05) is 0 Å². The Morgan fingerprint density at radius 3 is 2.80 bits per heavy atom. The minimum absolute atomic E-state index is 0.443. The van der Waals surface area contributed by atoms with E-state index in [1.807, 2.05) is 19.9 Å². The molecule has 1 aliphatic rings. The van der Waals surface area contributed by atoms with Gasteiger partial charge in [0.25, 0.3) is 0 Å². The van der Waals surface area contributed by atoms with E-state index in [9.17, 15) is 0 Å². The third-order valence-corrected chi connectivity index (χ3v) is 2.58. The largest absolute Gasteiger partial charge is 0.379 e. The Kier molecular flexibility index (Phi) is 2.57. The van der Waals surface area contributed by atoms with Crippen molar-refractivity contribution in [2.75, 3.05) is 18.4 Å². The monoisotopic (exact) mass is 202 g/mol. The first-order valence-electron chi connectivity index (χ1n) is 5.06. The van der Waals surface area contributed by atoms with Gasteiger partial charge < -0.3 is 10.6 Å². The fourth-order valence-electron chi connectivity index (χ4n) is 1.69. The smallest absolute Gasteiger partial charge is 0.103 e. The summed E-state index contributed by atoms with van der Waals surface area (Å²) < 4.78 is 0. The summed E-state index contributed by atoms with van der Waals surface area (Å²) in [6.07, 6.45) is 0. The molecule has 0 saturated carbocycles. The molecular formula is C11H14N4. The number of aryl methyl sites for hydroxylation is 2. The molecule has 0 aromatic carbocycles. The van der Waals surface area contributed by atoms with E-state index in [0.29, 0.717) is 11.6 Å². The summed E-state index contributed by atoms with van der Waals surface area (Å²) in [6, 6.07) is 4.58.